The number of methoxy groups -OCH3 is 1. The summed E-state index contributed by atoms with van der Waals surface area (Å²) < 4.78 is 69.0. The molecule has 1 amide bonds. The molecule has 3 rings (SSSR count). The number of anilines is 1. The predicted octanol–water partition coefficient (Wildman–Crippen LogP) is 2.38. The van der Waals surface area contributed by atoms with Crippen LogP contribution in [-0.4, -0.2) is 51.1 Å². The zero-order valence-electron chi connectivity index (χ0n) is 19.4. The summed E-state index contributed by atoms with van der Waals surface area (Å²) in [6.45, 7) is 1.49. The maximum absolute atomic E-state index is 15.0. The van der Waals surface area contributed by atoms with Gasteiger partial charge in [0.25, 0.3) is 5.91 Å². The number of carbonyl (C=O) groups excluding carboxylic acids is 1. The third-order valence-electron chi connectivity index (χ3n) is 4.70. The number of halogens is 3. The molecule has 8 nitrogen and oxygen atoms in total. The monoisotopic (exact) mass is 474 g/mol. The quantitative estimate of drug-likeness (QED) is 0.661. The van der Waals surface area contributed by atoms with Gasteiger partial charge >= 0.3 is 0 Å². The smallest absolute Gasteiger partial charge is 0.277 e. The molecule has 2 atom stereocenters. The highest BCUT2D eigenvalue weighted by atomic mass is 35.5. The fraction of sp³-hybridized carbons (Fsp3) is 0.263. The van der Waals surface area contributed by atoms with Gasteiger partial charge in [0.05, 0.1) is 37.8 Å². The summed E-state index contributed by atoms with van der Waals surface area (Å²) in [7, 11) is -4.31. The van der Waals surface area contributed by atoms with Gasteiger partial charge in [-0.3, -0.25) is 9.10 Å². The van der Waals surface area contributed by atoms with E-state index in [0.29, 0.717) is 6.07 Å². The van der Waals surface area contributed by atoms with Crippen LogP contribution in [0.1, 0.15) is 27.1 Å². The first-order valence-electron chi connectivity index (χ1n) is 10.1. The number of hydrogen-bond donors (Lipinski definition) is 2. The van der Waals surface area contributed by atoms with Gasteiger partial charge in [0.15, 0.2) is 11.5 Å². The van der Waals surface area contributed by atoms with Crippen LogP contribution in [0.5, 0.6) is 5.75 Å². The maximum Gasteiger partial charge on any atom is 0.277 e. The van der Waals surface area contributed by atoms with Crippen molar-refractivity contribution in [3.8, 4) is 5.75 Å². The van der Waals surface area contributed by atoms with Gasteiger partial charge < -0.3 is 15.8 Å². The summed E-state index contributed by atoms with van der Waals surface area (Å²) in [5.41, 5.74) is 3.61. The second-order valence-electron chi connectivity index (χ2n) is 7.04. The number of nitrogens with zero attached hydrogens (tertiary/aromatic N) is 3. The Bertz CT molecular complexity index is 1310. The molecule has 1 aromatic heterocycles. The zero-order chi connectivity index (χ0) is 25.6. The van der Waals surface area contributed by atoms with E-state index in [2.05, 4.69) is 25.9 Å². The minimum atomic E-state index is -2.93. The topological polar surface area (TPSA) is 110 Å². The summed E-state index contributed by atoms with van der Waals surface area (Å²) in [6, 6.07) is 3.00. The highest BCUT2D eigenvalue weighted by Crippen LogP contribution is 2.37. The number of ether oxygens (including phenoxy) is 1. The summed E-state index contributed by atoms with van der Waals surface area (Å²) in [4.78, 5) is 20.4. The number of hydrogen-bond acceptors (Lipinski definition) is 6. The number of amides is 1. The molecule has 1 aliphatic heterocycles. The van der Waals surface area contributed by atoms with Crippen LogP contribution < -0.4 is 15.8 Å². The van der Waals surface area contributed by atoms with Gasteiger partial charge in [-0.15, -0.1) is 0 Å². The maximum atomic E-state index is 15.0. The van der Waals surface area contributed by atoms with Crippen LogP contribution in [0.15, 0.2) is 29.4 Å². The molecule has 1 aromatic carbocycles. The molecule has 1 aliphatic rings. The summed E-state index contributed by atoms with van der Waals surface area (Å²) >= 11 is 6.02. The predicted molar refractivity (Wildman–Crippen MR) is 117 cm³/mol. The molecule has 0 radical (unpaired) electrons. The van der Waals surface area contributed by atoms with Crippen LogP contribution >= 0.6 is 11.6 Å². The van der Waals surface area contributed by atoms with Crippen molar-refractivity contribution in [1.29, 1.82) is 0 Å². The van der Waals surface area contributed by atoms with Crippen LogP contribution in [0.3, 0.4) is 0 Å². The number of aliphatic imine (C=N–C) groups is 1. The lowest BCUT2D eigenvalue weighted by Crippen LogP contribution is -2.50. The van der Waals surface area contributed by atoms with Crippen molar-refractivity contribution in [2.24, 2.45) is 10.7 Å². The van der Waals surface area contributed by atoms with E-state index in [4.69, 9.17) is 21.4 Å². The molecule has 31 heavy (non-hydrogen) atoms. The van der Waals surface area contributed by atoms with Crippen molar-refractivity contribution in [2.45, 2.75) is 12.5 Å². The summed E-state index contributed by atoms with van der Waals surface area (Å²) in [5, 5.41) is 1.97. The van der Waals surface area contributed by atoms with E-state index in [1.165, 1.54) is 24.3 Å². The second kappa shape index (κ2) is 7.97. The van der Waals surface area contributed by atoms with Crippen molar-refractivity contribution < 1.29 is 26.6 Å². The third kappa shape index (κ3) is 4.28. The Morgan fingerprint density at radius 3 is 2.81 bits per heavy atom. The van der Waals surface area contributed by atoms with Crippen LogP contribution in [0.4, 0.5) is 14.5 Å². The SMILES string of the molecule is [2H]C([2H])([2H])Oc1cnc(C(=O)Nc2cc(Cl)c(F)c([C@]3(C)CS(=C)(=O)N(C)C(N)=N3)c2)c(F)c1. The lowest BCUT2D eigenvalue weighted by Gasteiger charge is -2.37. The zero-order valence-corrected chi connectivity index (χ0v) is 18.0. The molecule has 1 unspecified atom stereocenters. The fourth-order valence-corrected chi connectivity index (χ4v) is 4.98. The van der Waals surface area contributed by atoms with Crippen LogP contribution in [-0.2, 0) is 15.2 Å². The Labute approximate surface area is 187 Å². The third-order valence-corrected chi connectivity index (χ3v) is 7.18. The first-order valence-corrected chi connectivity index (χ1v) is 10.8. The number of aromatic nitrogens is 1. The van der Waals surface area contributed by atoms with Gasteiger partial charge in [0.2, 0.25) is 5.96 Å². The minimum Gasteiger partial charge on any atom is -0.495 e. The number of nitrogens with one attached hydrogen (secondary N) is 1. The van der Waals surface area contributed by atoms with E-state index < -0.39 is 51.3 Å². The molecule has 0 saturated carbocycles. The highest BCUT2D eigenvalue weighted by Gasteiger charge is 2.39. The van der Waals surface area contributed by atoms with Crippen molar-refractivity contribution in [1.82, 2.24) is 9.29 Å². The molecule has 0 spiro atoms. The highest BCUT2D eigenvalue weighted by molar-refractivity contribution is 7.98. The Kier molecular flexibility index (Phi) is 4.84. The van der Waals surface area contributed by atoms with Crippen LogP contribution in [0.2, 0.25) is 5.02 Å². The van der Waals surface area contributed by atoms with Gasteiger partial charge in [-0.05, 0) is 24.9 Å². The number of benzene rings is 1. The van der Waals surface area contributed by atoms with E-state index in [1.807, 2.05) is 0 Å². The first kappa shape index (κ1) is 18.8. The lowest BCUT2D eigenvalue weighted by molar-refractivity contribution is 0.101. The fourth-order valence-electron chi connectivity index (χ4n) is 3.09. The molecule has 0 bridgehead atoms. The first-order chi connectivity index (χ1) is 15.5. The van der Waals surface area contributed by atoms with Crippen molar-refractivity contribution >= 4 is 44.7 Å². The number of rotatable bonds is 4. The van der Waals surface area contributed by atoms with Crippen molar-refractivity contribution in [2.75, 3.05) is 25.2 Å². The van der Waals surface area contributed by atoms with Crippen molar-refractivity contribution in [3.05, 3.63) is 52.3 Å². The van der Waals surface area contributed by atoms with E-state index in [9.17, 15) is 17.8 Å². The number of guanidine groups is 1. The number of pyridine rings is 1. The van der Waals surface area contributed by atoms with Gasteiger partial charge in [0, 0.05) is 24.4 Å². The van der Waals surface area contributed by atoms with Crippen LogP contribution in [0.25, 0.3) is 0 Å². The Hall–Kier alpha value is -2.92. The molecule has 2 heterocycles. The molecule has 0 saturated heterocycles. The number of nitrogens with two attached hydrogens (primary N) is 1. The summed E-state index contributed by atoms with van der Waals surface area (Å²) in [6.07, 6.45) is 0.870. The molecule has 12 heteroatoms. The molecule has 0 fully saturated rings. The Balaban J connectivity index is 1.96. The van der Waals surface area contributed by atoms with Crippen LogP contribution in [0, 0.1) is 11.6 Å². The molecular weight excluding hydrogens is 452 g/mol. The van der Waals surface area contributed by atoms with Gasteiger partial charge in [-0.1, -0.05) is 11.6 Å². The number of carbonyl (C=O) groups is 1. The lowest BCUT2D eigenvalue weighted by atomic mass is 9.93. The normalized spacial score (nSPS) is 25.1. The largest absolute Gasteiger partial charge is 0.495 e. The molecule has 0 aliphatic carbocycles. The van der Waals surface area contributed by atoms with Gasteiger partial charge in [0.1, 0.15) is 17.1 Å². The molecule has 3 N–H and O–H groups in total. The van der Waals surface area contributed by atoms with Gasteiger partial charge in [-0.2, -0.15) is 0 Å². The van der Waals surface area contributed by atoms with Crippen molar-refractivity contribution in [3.63, 3.8) is 0 Å². The van der Waals surface area contributed by atoms with E-state index in [-0.39, 0.29) is 28.0 Å². The van der Waals surface area contributed by atoms with E-state index >= 15 is 0 Å². The summed E-state index contributed by atoms with van der Waals surface area (Å²) in [5.74, 6) is -0.0960. The molecule has 2 aromatic rings. The minimum absolute atomic E-state index is 0.0279. The Morgan fingerprint density at radius 1 is 1.48 bits per heavy atom. The van der Waals surface area contributed by atoms with E-state index in [1.54, 1.807) is 0 Å². The Morgan fingerprint density at radius 2 is 2.19 bits per heavy atom. The second-order valence-corrected chi connectivity index (χ2v) is 9.82. The van der Waals surface area contributed by atoms with E-state index in [0.717, 1.165) is 12.3 Å². The molecule has 166 valence electrons. The van der Waals surface area contributed by atoms with Gasteiger partial charge in [-0.25, -0.2) is 23.0 Å². The standard InChI is InChI=1S/C19H20ClF2N5O3S/c1-19(9-31(4,29)27(2)18(23)26-19)12-5-10(6-13(20)15(12)22)25-17(28)16-14(21)7-11(30-3)8-24-16/h5-8H,4,9H2,1-3H3,(H2,23,26)(H,25,28)/t19-,31?/m0/s1/i3D3. The average molecular weight is 475 g/mol. The molecular formula is C19H20ClF2N5O3S. The average Bonchev–Trinajstić information content (AvgIpc) is 2.67.